The zero-order valence-corrected chi connectivity index (χ0v) is 10.8. The van der Waals surface area contributed by atoms with E-state index in [0.717, 1.165) is 11.1 Å². The van der Waals surface area contributed by atoms with E-state index in [1.807, 2.05) is 25.4 Å². The summed E-state index contributed by atoms with van der Waals surface area (Å²) < 4.78 is 1.69. The minimum atomic E-state index is -0.422. The van der Waals surface area contributed by atoms with Crippen molar-refractivity contribution in [1.82, 2.24) is 9.78 Å². The first-order valence-corrected chi connectivity index (χ1v) is 4.56. The van der Waals surface area contributed by atoms with E-state index < -0.39 is 5.91 Å². The number of aryl methyl sites for hydroxylation is 1. The van der Waals surface area contributed by atoms with Crippen LogP contribution in [0.1, 0.15) is 10.4 Å². The maximum atomic E-state index is 11.2. The quantitative estimate of drug-likeness (QED) is 0.910. The van der Waals surface area contributed by atoms with Gasteiger partial charge in [-0.15, -0.1) is 24.8 Å². The molecule has 1 aromatic carbocycles. The van der Waals surface area contributed by atoms with Gasteiger partial charge in [0.2, 0.25) is 5.91 Å². The molecule has 0 saturated heterocycles. The third-order valence-corrected chi connectivity index (χ3v) is 2.21. The molecule has 17 heavy (non-hydrogen) atoms. The Bertz CT molecular complexity index is 511. The lowest BCUT2D eigenvalue weighted by Crippen LogP contribution is -2.12. The van der Waals surface area contributed by atoms with Gasteiger partial charge in [-0.25, -0.2) is 0 Å². The topological polar surface area (TPSA) is 60.9 Å². The van der Waals surface area contributed by atoms with Crippen LogP contribution in [-0.2, 0) is 7.05 Å². The van der Waals surface area contributed by atoms with Crippen molar-refractivity contribution in [3.63, 3.8) is 0 Å². The summed E-state index contributed by atoms with van der Waals surface area (Å²) in [7, 11) is 1.83. The summed E-state index contributed by atoms with van der Waals surface area (Å²) in [6.07, 6.45) is 3.56. The van der Waals surface area contributed by atoms with Crippen molar-refractivity contribution in [2.75, 3.05) is 0 Å². The van der Waals surface area contributed by atoms with Crippen LogP contribution < -0.4 is 5.73 Å². The monoisotopic (exact) mass is 273 g/mol. The lowest BCUT2D eigenvalue weighted by Gasteiger charge is -2.02. The van der Waals surface area contributed by atoms with Gasteiger partial charge in [0.25, 0.3) is 0 Å². The van der Waals surface area contributed by atoms with Crippen LogP contribution in [0.3, 0.4) is 0 Å². The first-order chi connectivity index (χ1) is 7.18. The molecule has 0 atom stereocenters. The van der Waals surface area contributed by atoms with Crippen LogP contribution >= 0.6 is 24.8 Å². The average molecular weight is 274 g/mol. The SMILES string of the molecule is Cl.Cl.Cn1cc(-c2ccccc2C(N)=O)cn1. The third-order valence-electron chi connectivity index (χ3n) is 2.21. The summed E-state index contributed by atoms with van der Waals surface area (Å²) in [5.74, 6) is -0.422. The van der Waals surface area contributed by atoms with Crippen LogP contribution in [0.4, 0.5) is 0 Å². The van der Waals surface area contributed by atoms with E-state index >= 15 is 0 Å². The molecular formula is C11H13Cl2N3O. The number of hydrogen-bond donors (Lipinski definition) is 1. The summed E-state index contributed by atoms with van der Waals surface area (Å²) in [4.78, 5) is 11.2. The lowest BCUT2D eigenvalue weighted by atomic mass is 10.0. The van der Waals surface area contributed by atoms with Gasteiger partial charge in [0.05, 0.1) is 6.20 Å². The maximum Gasteiger partial charge on any atom is 0.249 e. The Labute approximate surface area is 112 Å². The Morgan fingerprint density at radius 2 is 1.94 bits per heavy atom. The molecule has 92 valence electrons. The molecule has 0 saturated carbocycles. The number of nitrogens with zero attached hydrogens (tertiary/aromatic N) is 2. The molecule has 6 heteroatoms. The molecule has 0 radical (unpaired) electrons. The molecule has 1 heterocycles. The first-order valence-electron chi connectivity index (χ1n) is 4.56. The molecule has 0 aliphatic carbocycles. The van der Waals surface area contributed by atoms with E-state index in [9.17, 15) is 4.79 Å². The van der Waals surface area contributed by atoms with Crippen LogP contribution in [0, 0.1) is 0 Å². The van der Waals surface area contributed by atoms with Crippen LogP contribution in [0.25, 0.3) is 11.1 Å². The number of primary amides is 1. The van der Waals surface area contributed by atoms with E-state index in [2.05, 4.69) is 5.10 Å². The number of nitrogens with two attached hydrogens (primary N) is 1. The number of amides is 1. The Balaban J connectivity index is 0.00000128. The van der Waals surface area contributed by atoms with E-state index in [4.69, 9.17) is 5.73 Å². The number of aromatic nitrogens is 2. The fourth-order valence-electron chi connectivity index (χ4n) is 1.51. The minimum Gasteiger partial charge on any atom is -0.366 e. The lowest BCUT2D eigenvalue weighted by molar-refractivity contribution is 0.100. The Hall–Kier alpha value is -1.52. The highest BCUT2D eigenvalue weighted by Crippen LogP contribution is 2.22. The molecule has 2 N–H and O–H groups in total. The van der Waals surface area contributed by atoms with E-state index in [1.54, 1.807) is 23.0 Å². The predicted molar refractivity (Wildman–Crippen MR) is 71.7 cm³/mol. The van der Waals surface area contributed by atoms with Gasteiger partial charge in [-0.2, -0.15) is 5.10 Å². The van der Waals surface area contributed by atoms with Gasteiger partial charge in [-0.05, 0) is 11.6 Å². The average Bonchev–Trinajstić information content (AvgIpc) is 2.65. The van der Waals surface area contributed by atoms with E-state index in [-0.39, 0.29) is 24.8 Å². The number of carbonyl (C=O) groups is 1. The molecule has 1 amide bonds. The van der Waals surface area contributed by atoms with Gasteiger partial charge in [-0.1, -0.05) is 18.2 Å². The zero-order chi connectivity index (χ0) is 10.8. The van der Waals surface area contributed by atoms with Crippen molar-refractivity contribution >= 4 is 30.7 Å². The maximum absolute atomic E-state index is 11.2. The molecule has 0 bridgehead atoms. The highest BCUT2D eigenvalue weighted by atomic mass is 35.5. The van der Waals surface area contributed by atoms with Crippen molar-refractivity contribution < 1.29 is 4.79 Å². The van der Waals surface area contributed by atoms with Gasteiger partial charge in [0.1, 0.15) is 0 Å². The summed E-state index contributed by atoms with van der Waals surface area (Å²) in [5.41, 5.74) is 7.52. The van der Waals surface area contributed by atoms with Gasteiger partial charge in [0, 0.05) is 24.4 Å². The molecule has 0 aliphatic rings. The van der Waals surface area contributed by atoms with Gasteiger partial charge in [0.15, 0.2) is 0 Å². The molecule has 1 aromatic heterocycles. The van der Waals surface area contributed by atoms with E-state index in [0.29, 0.717) is 5.56 Å². The number of benzene rings is 1. The van der Waals surface area contributed by atoms with Crippen LogP contribution in [0.5, 0.6) is 0 Å². The molecule has 0 spiro atoms. The smallest absolute Gasteiger partial charge is 0.249 e. The fourth-order valence-corrected chi connectivity index (χ4v) is 1.51. The largest absolute Gasteiger partial charge is 0.366 e. The standard InChI is InChI=1S/C11H11N3O.2ClH/c1-14-7-8(6-13-14)9-4-2-3-5-10(9)11(12)15;;/h2-7H,1H3,(H2,12,15);2*1H. The van der Waals surface area contributed by atoms with Crippen LogP contribution in [0.15, 0.2) is 36.7 Å². The number of rotatable bonds is 2. The molecule has 4 nitrogen and oxygen atoms in total. The number of halogens is 2. The molecular weight excluding hydrogens is 261 g/mol. The molecule has 2 aromatic rings. The fraction of sp³-hybridized carbons (Fsp3) is 0.0909. The van der Waals surface area contributed by atoms with Crippen molar-refractivity contribution in [2.24, 2.45) is 12.8 Å². The predicted octanol–water partition coefficient (Wildman–Crippen LogP) is 2.03. The van der Waals surface area contributed by atoms with Gasteiger partial charge in [-0.3, -0.25) is 9.48 Å². The van der Waals surface area contributed by atoms with Crippen molar-refractivity contribution in [3.8, 4) is 11.1 Å². The molecule has 0 fully saturated rings. The van der Waals surface area contributed by atoms with Crippen LogP contribution in [-0.4, -0.2) is 15.7 Å². The highest BCUT2D eigenvalue weighted by molar-refractivity contribution is 5.99. The highest BCUT2D eigenvalue weighted by Gasteiger charge is 2.09. The number of hydrogen-bond acceptors (Lipinski definition) is 2. The van der Waals surface area contributed by atoms with Gasteiger partial charge < -0.3 is 5.73 Å². The normalized spacial score (nSPS) is 9.00. The van der Waals surface area contributed by atoms with Gasteiger partial charge >= 0.3 is 0 Å². The number of carbonyl (C=O) groups excluding carboxylic acids is 1. The molecule has 0 unspecified atom stereocenters. The van der Waals surface area contributed by atoms with Crippen molar-refractivity contribution in [1.29, 1.82) is 0 Å². The Morgan fingerprint density at radius 1 is 1.29 bits per heavy atom. The third kappa shape index (κ3) is 3.22. The summed E-state index contributed by atoms with van der Waals surface area (Å²) >= 11 is 0. The second-order valence-corrected chi connectivity index (χ2v) is 3.31. The summed E-state index contributed by atoms with van der Waals surface area (Å²) in [6, 6.07) is 7.23. The van der Waals surface area contributed by atoms with E-state index in [1.165, 1.54) is 0 Å². The van der Waals surface area contributed by atoms with Crippen LogP contribution in [0.2, 0.25) is 0 Å². The summed E-state index contributed by atoms with van der Waals surface area (Å²) in [5, 5.41) is 4.06. The van der Waals surface area contributed by atoms with Crippen molar-refractivity contribution in [2.45, 2.75) is 0 Å². The van der Waals surface area contributed by atoms with Crippen molar-refractivity contribution in [3.05, 3.63) is 42.2 Å². The molecule has 0 aliphatic heterocycles. The second kappa shape index (κ2) is 6.27. The first kappa shape index (κ1) is 15.5. The summed E-state index contributed by atoms with van der Waals surface area (Å²) in [6.45, 7) is 0. The molecule has 2 rings (SSSR count). The minimum absolute atomic E-state index is 0. The zero-order valence-electron chi connectivity index (χ0n) is 9.16. The Kier molecular flexibility index (Phi) is 5.71. The second-order valence-electron chi connectivity index (χ2n) is 3.31. The Morgan fingerprint density at radius 3 is 2.47 bits per heavy atom.